The Kier molecular flexibility index (Phi) is 8.01. The summed E-state index contributed by atoms with van der Waals surface area (Å²) in [5.74, 6) is -1.32. The maximum Gasteiger partial charge on any atom is 0.293 e. The predicted molar refractivity (Wildman–Crippen MR) is 125 cm³/mol. The number of carbonyl (C=O) groups is 3. The van der Waals surface area contributed by atoms with Crippen LogP contribution in [0.1, 0.15) is 19.4 Å². The molecule has 1 aromatic heterocycles. The summed E-state index contributed by atoms with van der Waals surface area (Å²) in [6.45, 7) is 3.40. The summed E-state index contributed by atoms with van der Waals surface area (Å²) < 4.78 is 27.6. The lowest BCUT2D eigenvalue weighted by molar-refractivity contribution is -0.125. The standard InChI is InChI=1S/C22H24N4O5S2/c1-15(2)19(25-33(30,31)17-8-4-3-5-9-17)20(27)24-11-12-26-21(28)18(32-22(26)29)13-16-7-6-10-23-14-16/h3-10,13-15,19,25H,11-12H2,1-2H3,(H,24,27)/t19-/m0/s1. The van der Waals surface area contributed by atoms with E-state index in [1.807, 2.05) is 0 Å². The van der Waals surface area contributed by atoms with Crippen molar-refractivity contribution in [3.63, 3.8) is 0 Å². The molecular formula is C22H24N4O5S2. The third kappa shape index (κ3) is 6.28. The average molecular weight is 489 g/mol. The zero-order valence-corrected chi connectivity index (χ0v) is 19.7. The minimum Gasteiger partial charge on any atom is -0.353 e. The van der Waals surface area contributed by atoms with Crippen molar-refractivity contribution in [2.45, 2.75) is 24.8 Å². The number of rotatable bonds is 9. The molecule has 33 heavy (non-hydrogen) atoms. The smallest absolute Gasteiger partial charge is 0.293 e. The fourth-order valence-electron chi connectivity index (χ4n) is 3.03. The van der Waals surface area contributed by atoms with E-state index >= 15 is 0 Å². The summed E-state index contributed by atoms with van der Waals surface area (Å²) in [7, 11) is -3.89. The Morgan fingerprint density at radius 2 is 1.88 bits per heavy atom. The van der Waals surface area contributed by atoms with Gasteiger partial charge >= 0.3 is 0 Å². The number of carbonyl (C=O) groups excluding carboxylic acids is 3. The Hall–Kier alpha value is -3.02. The molecule has 2 N–H and O–H groups in total. The number of sulfonamides is 1. The van der Waals surface area contributed by atoms with Gasteiger partial charge in [-0.25, -0.2) is 8.42 Å². The second kappa shape index (κ2) is 10.7. The molecule has 0 saturated carbocycles. The van der Waals surface area contributed by atoms with Crippen LogP contribution in [0.2, 0.25) is 0 Å². The highest BCUT2D eigenvalue weighted by Gasteiger charge is 2.35. The minimum absolute atomic E-state index is 0.00662. The Morgan fingerprint density at radius 1 is 1.15 bits per heavy atom. The van der Waals surface area contributed by atoms with E-state index in [9.17, 15) is 22.8 Å². The van der Waals surface area contributed by atoms with E-state index in [2.05, 4.69) is 15.0 Å². The molecule has 174 valence electrons. The highest BCUT2D eigenvalue weighted by molar-refractivity contribution is 8.18. The predicted octanol–water partition coefficient (Wildman–Crippen LogP) is 2.24. The fraction of sp³-hybridized carbons (Fsp3) is 0.273. The molecule has 2 aromatic rings. The SMILES string of the molecule is CC(C)[C@H](NS(=O)(=O)c1ccccc1)C(=O)NCCN1C(=O)SC(=Cc2cccnc2)C1=O. The van der Waals surface area contributed by atoms with Gasteiger partial charge in [-0.05, 0) is 47.5 Å². The normalized spacial score (nSPS) is 16.5. The molecule has 1 fully saturated rings. The van der Waals surface area contributed by atoms with Gasteiger partial charge in [0, 0.05) is 25.5 Å². The lowest BCUT2D eigenvalue weighted by Gasteiger charge is -2.22. The number of nitrogens with one attached hydrogen (secondary N) is 2. The quantitative estimate of drug-likeness (QED) is 0.519. The molecule has 1 aliphatic heterocycles. The van der Waals surface area contributed by atoms with Gasteiger partial charge in [0.05, 0.1) is 9.80 Å². The van der Waals surface area contributed by atoms with Crippen molar-refractivity contribution >= 4 is 44.9 Å². The highest BCUT2D eigenvalue weighted by Crippen LogP contribution is 2.31. The monoisotopic (exact) mass is 488 g/mol. The van der Waals surface area contributed by atoms with Gasteiger partial charge in [-0.2, -0.15) is 4.72 Å². The fourth-order valence-corrected chi connectivity index (χ4v) is 5.26. The van der Waals surface area contributed by atoms with E-state index in [1.54, 1.807) is 62.6 Å². The number of imide groups is 1. The van der Waals surface area contributed by atoms with Crippen LogP contribution in [0.5, 0.6) is 0 Å². The lowest BCUT2D eigenvalue weighted by Crippen LogP contribution is -2.50. The summed E-state index contributed by atoms with van der Waals surface area (Å²) in [5, 5.41) is 2.18. The van der Waals surface area contributed by atoms with Crippen molar-refractivity contribution < 1.29 is 22.8 Å². The molecule has 3 amide bonds. The van der Waals surface area contributed by atoms with E-state index in [1.165, 1.54) is 12.1 Å². The Labute approximate surface area is 196 Å². The zero-order valence-electron chi connectivity index (χ0n) is 18.1. The Balaban J connectivity index is 1.59. The first-order valence-corrected chi connectivity index (χ1v) is 12.5. The van der Waals surface area contributed by atoms with E-state index in [0.29, 0.717) is 5.56 Å². The summed E-state index contributed by atoms with van der Waals surface area (Å²) in [5.41, 5.74) is 0.696. The molecule has 1 atom stereocenters. The third-order valence-corrected chi connectivity index (χ3v) is 7.14. The number of aromatic nitrogens is 1. The van der Waals surface area contributed by atoms with Crippen LogP contribution in [-0.4, -0.2) is 54.5 Å². The second-order valence-corrected chi connectivity index (χ2v) is 10.3. The molecule has 0 aliphatic carbocycles. The van der Waals surface area contributed by atoms with Crippen LogP contribution >= 0.6 is 11.8 Å². The summed E-state index contributed by atoms with van der Waals surface area (Å²) in [4.78, 5) is 42.9. The van der Waals surface area contributed by atoms with Crippen LogP contribution in [0.25, 0.3) is 6.08 Å². The van der Waals surface area contributed by atoms with Crippen LogP contribution in [0.4, 0.5) is 4.79 Å². The zero-order chi connectivity index (χ0) is 24.0. The third-order valence-electron chi connectivity index (χ3n) is 4.78. The average Bonchev–Trinajstić information content (AvgIpc) is 3.05. The van der Waals surface area contributed by atoms with Crippen molar-refractivity contribution in [3.05, 3.63) is 65.3 Å². The van der Waals surface area contributed by atoms with Crippen LogP contribution in [0, 0.1) is 5.92 Å². The molecule has 0 unspecified atom stereocenters. The van der Waals surface area contributed by atoms with E-state index in [0.717, 1.165) is 16.7 Å². The molecule has 0 radical (unpaired) electrons. The minimum atomic E-state index is -3.89. The molecular weight excluding hydrogens is 464 g/mol. The first-order chi connectivity index (χ1) is 15.7. The molecule has 1 saturated heterocycles. The number of hydrogen-bond acceptors (Lipinski definition) is 7. The van der Waals surface area contributed by atoms with Gasteiger partial charge in [-0.1, -0.05) is 38.1 Å². The second-order valence-electron chi connectivity index (χ2n) is 7.57. The van der Waals surface area contributed by atoms with Gasteiger partial charge in [0.1, 0.15) is 6.04 Å². The summed E-state index contributed by atoms with van der Waals surface area (Å²) in [6, 6.07) is 10.2. The number of benzene rings is 1. The molecule has 0 bridgehead atoms. The van der Waals surface area contributed by atoms with Gasteiger partial charge in [0.2, 0.25) is 15.9 Å². The molecule has 9 nitrogen and oxygen atoms in total. The van der Waals surface area contributed by atoms with Crippen molar-refractivity contribution in [1.82, 2.24) is 19.9 Å². The number of hydrogen-bond donors (Lipinski definition) is 2. The number of pyridine rings is 1. The summed E-state index contributed by atoms with van der Waals surface area (Å²) in [6.07, 6.45) is 4.77. The van der Waals surface area contributed by atoms with Gasteiger partial charge < -0.3 is 5.32 Å². The van der Waals surface area contributed by atoms with E-state index in [-0.39, 0.29) is 28.8 Å². The molecule has 0 spiro atoms. The first kappa shape index (κ1) is 24.6. The molecule has 11 heteroatoms. The van der Waals surface area contributed by atoms with Crippen LogP contribution in [0.3, 0.4) is 0 Å². The maximum absolute atomic E-state index is 12.7. The van der Waals surface area contributed by atoms with Gasteiger partial charge in [-0.15, -0.1) is 0 Å². The van der Waals surface area contributed by atoms with Crippen molar-refractivity contribution in [3.8, 4) is 0 Å². The van der Waals surface area contributed by atoms with Crippen LogP contribution in [0.15, 0.2) is 64.7 Å². The van der Waals surface area contributed by atoms with Crippen LogP contribution in [-0.2, 0) is 19.6 Å². The van der Waals surface area contributed by atoms with E-state index < -0.39 is 33.1 Å². The molecule has 1 aromatic carbocycles. The number of nitrogens with zero attached hydrogens (tertiary/aromatic N) is 2. The van der Waals surface area contributed by atoms with Gasteiger partial charge in [-0.3, -0.25) is 24.3 Å². The molecule has 3 rings (SSSR count). The van der Waals surface area contributed by atoms with Crippen molar-refractivity contribution in [2.75, 3.05) is 13.1 Å². The van der Waals surface area contributed by atoms with E-state index in [4.69, 9.17) is 0 Å². The lowest BCUT2D eigenvalue weighted by atomic mass is 10.1. The van der Waals surface area contributed by atoms with Crippen molar-refractivity contribution in [1.29, 1.82) is 0 Å². The van der Waals surface area contributed by atoms with Crippen LogP contribution < -0.4 is 10.0 Å². The Morgan fingerprint density at radius 3 is 2.52 bits per heavy atom. The molecule has 2 heterocycles. The molecule has 1 aliphatic rings. The van der Waals surface area contributed by atoms with Gasteiger partial charge in [0.25, 0.3) is 11.1 Å². The maximum atomic E-state index is 12.7. The largest absolute Gasteiger partial charge is 0.353 e. The number of thioether (sulfide) groups is 1. The van der Waals surface area contributed by atoms with Gasteiger partial charge in [0.15, 0.2) is 0 Å². The first-order valence-electron chi connectivity index (χ1n) is 10.2. The summed E-state index contributed by atoms with van der Waals surface area (Å²) >= 11 is 0.819. The highest BCUT2D eigenvalue weighted by atomic mass is 32.2. The Bertz CT molecular complexity index is 1150. The van der Waals surface area contributed by atoms with Crippen molar-refractivity contribution in [2.24, 2.45) is 5.92 Å². The topological polar surface area (TPSA) is 126 Å². The number of amides is 3.